The molecule has 0 aromatic heterocycles. The van der Waals surface area contributed by atoms with Crippen molar-refractivity contribution in [3.05, 3.63) is 0 Å². The van der Waals surface area contributed by atoms with Gasteiger partial charge < -0.3 is 20.3 Å². The van der Waals surface area contributed by atoms with Crippen LogP contribution >= 0.6 is 0 Å². The topological polar surface area (TPSA) is 70.7 Å². The Hall–Kier alpha value is -1.30. The van der Waals surface area contributed by atoms with Crippen molar-refractivity contribution < 1.29 is 14.3 Å². The quantitative estimate of drug-likeness (QED) is 0.692. The van der Waals surface area contributed by atoms with Crippen molar-refractivity contribution in [1.29, 1.82) is 0 Å². The van der Waals surface area contributed by atoms with Crippen molar-refractivity contribution in [2.75, 3.05) is 26.2 Å². The summed E-state index contributed by atoms with van der Waals surface area (Å²) in [5, 5.41) is 6.24. The number of nitrogens with one attached hydrogen (secondary N) is 2. The molecule has 0 aromatic carbocycles. The van der Waals surface area contributed by atoms with Gasteiger partial charge in [-0.3, -0.25) is 4.79 Å². The van der Waals surface area contributed by atoms with Crippen molar-refractivity contribution in [2.24, 2.45) is 0 Å². The molecule has 0 unspecified atom stereocenters. The predicted octanol–water partition coefficient (Wildman–Crippen LogP) is 0.866. The summed E-state index contributed by atoms with van der Waals surface area (Å²) in [5.74, 6) is 0.0493. The highest BCUT2D eigenvalue weighted by Gasteiger charge is 2.38. The highest BCUT2D eigenvalue weighted by Crippen LogP contribution is 2.27. The molecule has 0 bridgehead atoms. The second kappa shape index (κ2) is 5.60. The summed E-state index contributed by atoms with van der Waals surface area (Å²) < 4.78 is 5.39. The molecule has 20 heavy (non-hydrogen) atoms. The molecule has 0 saturated carbocycles. The minimum absolute atomic E-state index is 0.0493. The van der Waals surface area contributed by atoms with Crippen molar-refractivity contribution in [2.45, 2.75) is 51.2 Å². The van der Waals surface area contributed by atoms with E-state index in [1.165, 1.54) is 0 Å². The molecule has 2 N–H and O–H groups in total. The van der Waals surface area contributed by atoms with Crippen LogP contribution in [0.15, 0.2) is 0 Å². The molecule has 2 aliphatic rings. The van der Waals surface area contributed by atoms with Gasteiger partial charge in [0.25, 0.3) is 0 Å². The van der Waals surface area contributed by atoms with Gasteiger partial charge in [-0.1, -0.05) is 0 Å². The third-order valence-corrected chi connectivity index (χ3v) is 3.84. The van der Waals surface area contributed by atoms with Crippen LogP contribution in [0, 0.1) is 0 Å². The van der Waals surface area contributed by atoms with Gasteiger partial charge in [-0.2, -0.15) is 0 Å². The average molecular weight is 283 g/mol. The Bertz CT molecular complexity index is 382. The van der Waals surface area contributed by atoms with Gasteiger partial charge in [0.2, 0.25) is 5.91 Å². The molecule has 2 fully saturated rings. The van der Waals surface area contributed by atoms with Crippen molar-refractivity contribution in [1.82, 2.24) is 15.5 Å². The van der Waals surface area contributed by atoms with Crippen LogP contribution in [0.5, 0.6) is 0 Å². The van der Waals surface area contributed by atoms with Crippen LogP contribution in [-0.2, 0) is 9.53 Å². The van der Waals surface area contributed by atoms with E-state index < -0.39 is 5.60 Å². The highest BCUT2D eigenvalue weighted by atomic mass is 16.6. The third-order valence-electron chi connectivity index (χ3n) is 3.84. The molecule has 2 aliphatic heterocycles. The molecule has 2 heterocycles. The maximum atomic E-state index is 12.0. The number of nitrogens with zero attached hydrogens (tertiary/aromatic N) is 1. The summed E-state index contributed by atoms with van der Waals surface area (Å²) in [6.07, 6.45) is 2.24. The molecule has 0 aliphatic carbocycles. The van der Waals surface area contributed by atoms with Gasteiger partial charge in [0.15, 0.2) is 0 Å². The molecule has 0 atom stereocenters. The summed E-state index contributed by atoms with van der Waals surface area (Å²) in [5.41, 5.74) is -0.619. The number of likely N-dealkylation sites (tertiary alicyclic amines) is 1. The SMILES string of the molecule is CC(C)(C)OC(=O)N1CCC2(CCNCC(=O)N2)CC1. The van der Waals surface area contributed by atoms with E-state index in [-0.39, 0.29) is 17.5 Å². The van der Waals surface area contributed by atoms with Crippen LogP contribution < -0.4 is 10.6 Å². The third kappa shape index (κ3) is 3.85. The van der Waals surface area contributed by atoms with E-state index in [1.807, 2.05) is 20.8 Å². The summed E-state index contributed by atoms with van der Waals surface area (Å²) in [4.78, 5) is 25.4. The van der Waals surface area contributed by atoms with Crippen molar-refractivity contribution in [3.8, 4) is 0 Å². The second-order valence-corrected chi connectivity index (χ2v) is 6.72. The van der Waals surface area contributed by atoms with Crippen LogP contribution in [0.4, 0.5) is 4.79 Å². The number of hydrogen-bond donors (Lipinski definition) is 2. The number of ether oxygens (including phenoxy) is 1. The average Bonchev–Trinajstić information content (AvgIpc) is 2.50. The zero-order valence-electron chi connectivity index (χ0n) is 12.6. The summed E-state index contributed by atoms with van der Waals surface area (Å²) in [6, 6.07) is 0. The summed E-state index contributed by atoms with van der Waals surface area (Å²) in [7, 11) is 0. The zero-order chi connectivity index (χ0) is 14.8. The maximum Gasteiger partial charge on any atom is 0.410 e. The first kappa shape index (κ1) is 15.1. The standard InChI is InChI=1S/C14H25N3O3/c1-13(2,3)20-12(19)17-8-5-14(6-9-17)4-7-15-10-11(18)16-14/h15H,4-10H2,1-3H3,(H,16,18). The first-order valence-electron chi connectivity index (χ1n) is 7.29. The summed E-state index contributed by atoms with van der Waals surface area (Å²) in [6.45, 7) is 8.10. The van der Waals surface area contributed by atoms with Gasteiger partial charge in [-0.15, -0.1) is 0 Å². The largest absolute Gasteiger partial charge is 0.444 e. The monoisotopic (exact) mass is 283 g/mol. The predicted molar refractivity (Wildman–Crippen MR) is 75.4 cm³/mol. The Labute approximate surface area is 120 Å². The van der Waals surface area contributed by atoms with Crippen LogP contribution in [0.25, 0.3) is 0 Å². The van der Waals surface area contributed by atoms with Gasteiger partial charge in [-0.25, -0.2) is 4.79 Å². The minimum Gasteiger partial charge on any atom is -0.444 e. The number of carbonyl (C=O) groups excluding carboxylic acids is 2. The first-order valence-corrected chi connectivity index (χ1v) is 7.29. The van der Waals surface area contributed by atoms with E-state index in [0.29, 0.717) is 19.6 Å². The molecular weight excluding hydrogens is 258 g/mol. The molecule has 6 nitrogen and oxygen atoms in total. The van der Waals surface area contributed by atoms with Crippen LogP contribution in [0.3, 0.4) is 0 Å². The number of piperidine rings is 1. The first-order chi connectivity index (χ1) is 9.30. The lowest BCUT2D eigenvalue weighted by atomic mass is 9.84. The minimum atomic E-state index is -0.466. The van der Waals surface area contributed by atoms with Gasteiger partial charge in [-0.05, 0) is 46.6 Å². The Balaban J connectivity index is 1.91. The molecule has 2 saturated heterocycles. The van der Waals surface area contributed by atoms with Crippen LogP contribution in [0.1, 0.15) is 40.0 Å². The molecule has 2 rings (SSSR count). The van der Waals surface area contributed by atoms with Crippen LogP contribution in [0.2, 0.25) is 0 Å². The van der Waals surface area contributed by atoms with E-state index in [0.717, 1.165) is 25.8 Å². The Morgan fingerprint density at radius 3 is 2.50 bits per heavy atom. The second-order valence-electron chi connectivity index (χ2n) is 6.72. The molecule has 2 amide bonds. The van der Waals surface area contributed by atoms with Gasteiger partial charge >= 0.3 is 6.09 Å². The van der Waals surface area contributed by atoms with E-state index in [4.69, 9.17) is 4.74 Å². The zero-order valence-corrected chi connectivity index (χ0v) is 12.6. The molecule has 0 aromatic rings. The molecule has 6 heteroatoms. The lowest BCUT2D eigenvalue weighted by Gasteiger charge is -2.41. The Kier molecular flexibility index (Phi) is 4.22. The summed E-state index contributed by atoms with van der Waals surface area (Å²) >= 11 is 0. The normalized spacial score (nSPS) is 23.1. The fraction of sp³-hybridized carbons (Fsp3) is 0.857. The number of amides is 2. The fourth-order valence-corrected chi connectivity index (χ4v) is 2.75. The number of rotatable bonds is 0. The Morgan fingerprint density at radius 1 is 1.25 bits per heavy atom. The molecule has 1 spiro atoms. The number of hydrogen-bond acceptors (Lipinski definition) is 4. The van der Waals surface area contributed by atoms with Gasteiger partial charge in [0.05, 0.1) is 6.54 Å². The smallest absolute Gasteiger partial charge is 0.410 e. The maximum absolute atomic E-state index is 12.0. The molecule has 114 valence electrons. The highest BCUT2D eigenvalue weighted by molar-refractivity contribution is 5.79. The van der Waals surface area contributed by atoms with Crippen molar-refractivity contribution in [3.63, 3.8) is 0 Å². The van der Waals surface area contributed by atoms with E-state index in [9.17, 15) is 9.59 Å². The van der Waals surface area contributed by atoms with E-state index in [2.05, 4.69) is 10.6 Å². The lowest BCUT2D eigenvalue weighted by Crippen LogP contribution is -2.56. The molecule has 0 radical (unpaired) electrons. The number of carbonyl (C=O) groups is 2. The van der Waals surface area contributed by atoms with Gasteiger partial charge in [0.1, 0.15) is 5.60 Å². The van der Waals surface area contributed by atoms with Crippen molar-refractivity contribution >= 4 is 12.0 Å². The Morgan fingerprint density at radius 2 is 1.90 bits per heavy atom. The lowest BCUT2D eigenvalue weighted by molar-refractivity contribution is -0.122. The van der Waals surface area contributed by atoms with E-state index in [1.54, 1.807) is 4.90 Å². The fourth-order valence-electron chi connectivity index (χ4n) is 2.75. The molecular formula is C14H25N3O3. The van der Waals surface area contributed by atoms with Crippen LogP contribution in [-0.4, -0.2) is 54.2 Å². The van der Waals surface area contributed by atoms with Gasteiger partial charge in [0, 0.05) is 18.6 Å². The van der Waals surface area contributed by atoms with E-state index >= 15 is 0 Å².